The maximum atomic E-state index is 11.9. The molecule has 2 atom stereocenters. The van der Waals surface area contributed by atoms with Gasteiger partial charge in [0.15, 0.2) is 0 Å². The first-order valence-corrected chi connectivity index (χ1v) is 6.04. The van der Waals surface area contributed by atoms with Crippen LogP contribution in [0.25, 0.3) is 0 Å². The van der Waals surface area contributed by atoms with E-state index in [1.807, 2.05) is 45.9 Å². The fourth-order valence-corrected chi connectivity index (χ4v) is 1.81. The summed E-state index contributed by atoms with van der Waals surface area (Å²) >= 11 is 0. The molecule has 0 saturated carbocycles. The Morgan fingerprint density at radius 2 is 1.94 bits per heavy atom. The van der Waals surface area contributed by atoms with Gasteiger partial charge in [-0.1, -0.05) is 6.07 Å². The predicted octanol–water partition coefficient (Wildman–Crippen LogP) is 2.16. The van der Waals surface area contributed by atoms with Gasteiger partial charge in [0.05, 0.1) is 0 Å². The monoisotopic (exact) mass is 234 g/mol. The molecule has 0 radical (unpaired) electrons. The van der Waals surface area contributed by atoms with Gasteiger partial charge >= 0.3 is 0 Å². The molecule has 0 fully saturated rings. The van der Waals surface area contributed by atoms with E-state index in [1.54, 1.807) is 0 Å². The lowest BCUT2D eigenvalue weighted by Crippen LogP contribution is -2.36. The van der Waals surface area contributed by atoms with E-state index in [9.17, 15) is 4.79 Å². The molecule has 1 rings (SSSR count). The summed E-state index contributed by atoms with van der Waals surface area (Å²) in [5.41, 5.74) is 8.75. The second-order valence-electron chi connectivity index (χ2n) is 4.89. The molecule has 3 N–H and O–H groups in total. The average Bonchev–Trinajstić information content (AvgIpc) is 2.20. The predicted molar refractivity (Wildman–Crippen MR) is 71.1 cm³/mol. The molecule has 0 heterocycles. The van der Waals surface area contributed by atoms with Crippen LogP contribution in [0, 0.1) is 13.8 Å². The second-order valence-corrected chi connectivity index (χ2v) is 4.89. The summed E-state index contributed by atoms with van der Waals surface area (Å²) in [6.07, 6.45) is 0.788. The summed E-state index contributed by atoms with van der Waals surface area (Å²) in [6, 6.07) is 5.95. The Hall–Kier alpha value is -1.35. The third kappa shape index (κ3) is 4.19. The van der Waals surface area contributed by atoms with Crippen LogP contribution in [0.5, 0.6) is 0 Å². The van der Waals surface area contributed by atoms with E-state index in [2.05, 4.69) is 5.32 Å². The number of nitrogens with one attached hydrogen (secondary N) is 1. The van der Waals surface area contributed by atoms with Crippen molar-refractivity contribution < 1.29 is 4.79 Å². The second kappa shape index (κ2) is 5.82. The minimum atomic E-state index is -0.0266. The van der Waals surface area contributed by atoms with Crippen molar-refractivity contribution in [2.45, 2.75) is 46.2 Å². The highest BCUT2D eigenvalue weighted by Gasteiger charge is 2.11. The lowest BCUT2D eigenvalue weighted by molar-refractivity contribution is 0.0937. The summed E-state index contributed by atoms with van der Waals surface area (Å²) in [5.74, 6) is -0.0266. The topological polar surface area (TPSA) is 55.1 Å². The fraction of sp³-hybridized carbons (Fsp3) is 0.500. The third-order valence-corrected chi connectivity index (χ3v) is 2.87. The first-order valence-electron chi connectivity index (χ1n) is 6.04. The number of rotatable bonds is 4. The molecule has 1 aromatic rings. The van der Waals surface area contributed by atoms with Gasteiger partial charge in [0.2, 0.25) is 0 Å². The van der Waals surface area contributed by atoms with E-state index >= 15 is 0 Å². The van der Waals surface area contributed by atoms with Crippen molar-refractivity contribution in [3.05, 3.63) is 34.9 Å². The van der Waals surface area contributed by atoms with Crippen LogP contribution in [-0.4, -0.2) is 18.0 Å². The minimum absolute atomic E-state index is 0.0266. The molecule has 0 aliphatic carbocycles. The van der Waals surface area contributed by atoms with Crippen LogP contribution < -0.4 is 11.1 Å². The number of carbonyl (C=O) groups excluding carboxylic acids is 1. The maximum absolute atomic E-state index is 11.9. The SMILES string of the molecule is Cc1ccc(C(=O)NC(C)CC(C)N)cc1C. The van der Waals surface area contributed by atoms with Crippen molar-refractivity contribution in [3.63, 3.8) is 0 Å². The van der Waals surface area contributed by atoms with Gasteiger partial charge in [-0.15, -0.1) is 0 Å². The molecule has 94 valence electrons. The molecule has 0 aliphatic heterocycles. The molecule has 0 spiro atoms. The van der Waals surface area contributed by atoms with Crippen LogP contribution in [0.15, 0.2) is 18.2 Å². The van der Waals surface area contributed by atoms with Crippen molar-refractivity contribution >= 4 is 5.91 Å². The van der Waals surface area contributed by atoms with Crippen molar-refractivity contribution in [2.75, 3.05) is 0 Å². The zero-order valence-electron chi connectivity index (χ0n) is 11.1. The molecule has 3 nitrogen and oxygen atoms in total. The van der Waals surface area contributed by atoms with Gasteiger partial charge in [-0.25, -0.2) is 0 Å². The highest BCUT2D eigenvalue weighted by Crippen LogP contribution is 2.10. The molecular formula is C14H22N2O. The molecule has 0 bridgehead atoms. The quantitative estimate of drug-likeness (QED) is 0.838. The number of amides is 1. The van der Waals surface area contributed by atoms with Gasteiger partial charge < -0.3 is 11.1 Å². The lowest BCUT2D eigenvalue weighted by Gasteiger charge is -2.16. The zero-order chi connectivity index (χ0) is 13.0. The van der Waals surface area contributed by atoms with Crippen LogP contribution in [0.4, 0.5) is 0 Å². The molecule has 2 unspecified atom stereocenters. The van der Waals surface area contributed by atoms with E-state index in [4.69, 9.17) is 5.73 Å². The molecule has 0 aliphatic rings. The third-order valence-electron chi connectivity index (χ3n) is 2.87. The molecule has 17 heavy (non-hydrogen) atoms. The maximum Gasteiger partial charge on any atom is 0.251 e. The summed E-state index contributed by atoms with van der Waals surface area (Å²) in [4.78, 5) is 11.9. The smallest absolute Gasteiger partial charge is 0.251 e. The van der Waals surface area contributed by atoms with Gasteiger partial charge in [0, 0.05) is 17.6 Å². The molecule has 0 aromatic heterocycles. The van der Waals surface area contributed by atoms with Crippen molar-refractivity contribution in [1.29, 1.82) is 0 Å². The Labute approximate surface area is 103 Å². The summed E-state index contributed by atoms with van der Waals surface area (Å²) < 4.78 is 0. The largest absolute Gasteiger partial charge is 0.350 e. The van der Waals surface area contributed by atoms with Crippen molar-refractivity contribution in [1.82, 2.24) is 5.32 Å². The van der Waals surface area contributed by atoms with Gasteiger partial charge in [-0.05, 0) is 57.4 Å². The Morgan fingerprint density at radius 3 is 2.47 bits per heavy atom. The summed E-state index contributed by atoms with van der Waals surface area (Å²) in [5, 5.41) is 2.96. The van der Waals surface area contributed by atoms with E-state index in [0.717, 1.165) is 12.0 Å². The van der Waals surface area contributed by atoms with Gasteiger partial charge in [0.1, 0.15) is 0 Å². The number of benzene rings is 1. The number of carbonyl (C=O) groups is 1. The molecule has 1 aromatic carbocycles. The van der Waals surface area contributed by atoms with Crippen molar-refractivity contribution in [3.8, 4) is 0 Å². The molecule has 1 amide bonds. The fourth-order valence-electron chi connectivity index (χ4n) is 1.81. The van der Waals surface area contributed by atoms with Crippen LogP contribution in [0.3, 0.4) is 0 Å². The van der Waals surface area contributed by atoms with Crippen LogP contribution in [-0.2, 0) is 0 Å². The zero-order valence-corrected chi connectivity index (χ0v) is 11.1. The Kier molecular flexibility index (Phi) is 4.70. The Morgan fingerprint density at radius 1 is 1.29 bits per heavy atom. The van der Waals surface area contributed by atoms with Gasteiger partial charge in [0.25, 0.3) is 5.91 Å². The highest BCUT2D eigenvalue weighted by atomic mass is 16.1. The summed E-state index contributed by atoms with van der Waals surface area (Å²) in [7, 11) is 0. The summed E-state index contributed by atoms with van der Waals surface area (Å²) in [6.45, 7) is 7.97. The van der Waals surface area contributed by atoms with Crippen molar-refractivity contribution in [2.24, 2.45) is 5.73 Å². The van der Waals surface area contributed by atoms with Crippen LogP contribution in [0.2, 0.25) is 0 Å². The first kappa shape index (κ1) is 13.7. The highest BCUT2D eigenvalue weighted by molar-refractivity contribution is 5.94. The number of hydrogen-bond donors (Lipinski definition) is 2. The van der Waals surface area contributed by atoms with E-state index in [-0.39, 0.29) is 18.0 Å². The van der Waals surface area contributed by atoms with E-state index in [0.29, 0.717) is 5.56 Å². The standard InChI is InChI=1S/C14H22N2O/c1-9-5-6-13(7-10(9)2)14(17)16-12(4)8-11(3)15/h5-7,11-12H,8,15H2,1-4H3,(H,16,17). The van der Waals surface area contributed by atoms with Gasteiger partial charge in [-0.3, -0.25) is 4.79 Å². The average molecular weight is 234 g/mol. The van der Waals surface area contributed by atoms with Crippen LogP contribution >= 0.6 is 0 Å². The molecular weight excluding hydrogens is 212 g/mol. The van der Waals surface area contributed by atoms with Gasteiger partial charge in [-0.2, -0.15) is 0 Å². The Bertz CT molecular complexity index is 399. The lowest BCUT2D eigenvalue weighted by atomic mass is 10.1. The normalized spacial score (nSPS) is 14.2. The van der Waals surface area contributed by atoms with Crippen LogP contribution in [0.1, 0.15) is 41.8 Å². The minimum Gasteiger partial charge on any atom is -0.350 e. The Balaban J connectivity index is 2.66. The first-order chi connectivity index (χ1) is 7.90. The molecule has 0 saturated heterocycles. The molecule has 3 heteroatoms. The van der Waals surface area contributed by atoms with E-state index < -0.39 is 0 Å². The number of aryl methyl sites for hydroxylation is 2. The number of hydrogen-bond acceptors (Lipinski definition) is 2. The number of nitrogens with two attached hydrogens (primary N) is 1. The van der Waals surface area contributed by atoms with E-state index in [1.165, 1.54) is 5.56 Å².